The van der Waals surface area contributed by atoms with Gasteiger partial charge in [-0.1, -0.05) is 42.5 Å². The summed E-state index contributed by atoms with van der Waals surface area (Å²) in [7, 11) is 0. The fraction of sp³-hybridized carbons (Fsp3) is 0.444. The summed E-state index contributed by atoms with van der Waals surface area (Å²) in [5.74, 6) is -0.0264. The van der Waals surface area contributed by atoms with Gasteiger partial charge in [-0.2, -0.15) is 0 Å². The van der Waals surface area contributed by atoms with Crippen LogP contribution in [0.2, 0.25) is 0 Å². The molecule has 4 heteroatoms. The quantitative estimate of drug-likeness (QED) is 0.821. The van der Waals surface area contributed by atoms with Gasteiger partial charge in [-0.3, -0.25) is 9.59 Å². The van der Waals surface area contributed by atoms with Crippen LogP contribution in [0.1, 0.15) is 31.7 Å². The molecule has 0 fully saturated rings. The lowest BCUT2D eigenvalue weighted by molar-refractivity contribution is -0.134. The number of hydrogen-bond donors (Lipinski definition) is 1. The van der Waals surface area contributed by atoms with Crippen molar-refractivity contribution in [2.24, 2.45) is 5.92 Å². The Hall–Kier alpha value is -2.10. The average molecular weight is 300 g/mol. The van der Waals surface area contributed by atoms with Crippen LogP contribution in [0.5, 0.6) is 0 Å². The zero-order valence-corrected chi connectivity index (χ0v) is 13.1. The van der Waals surface area contributed by atoms with Crippen LogP contribution in [0.15, 0.2) is 42.5 Å². The van der Waals surface area contributed by atoms with Gasteiger partial charge in [0, 0.05) is 19.0 Å². The Morgan fingerprint density at radius 3 is 2.64 bits per heavy atom. The lowest BCUT2D eigenvalue weighted by Gasteiger charge is -2.22. The van der Waals surface area contributed by atoms with Gasteiger partial charge in [0.15, 0.2) is 0 Å². The molecule has 2 rings (SSSR count). The van der Waals surface area contributed by atoms with Gasteiger partial charge in [0.05, 0.1) is 6.54 Å². The Labute approximate surface area is 132 Å². The summed E-state index contributed by atoms with van der Waals surface area (Å²) in [6.45, 7) is 3.25. The molecule has 0 saturated carbocycles. The van der Waals surface area contributed by atoms with E-state index in [1.165, 1.54) is 0 Å². The van der Waals surface area contributed by atoms with Gasteiger partial charge in [-0.15, -0.1) is 0 Å². The molecule has 0 bridgehead atoms. The molecule has 1 aromatic rings. The molecule has 0 spiro atoms. The minimum atomic E-state index is -0.0361. The number of rotatable bonds is 6. The molecule has 1 atom stereocenters. The zero-order valence-electron chi connectivity index (χ0n) is 13.1. The largest absolute Gasteiger partial charge is 0.347 e. The Balaban J connectivity index is 1.81. The van der Waals surface area contributed by atoms with E-state index in [0.29, 0.717) is 13.1 Å². The van der Waals surface area contributed by atoms with Gasteiger partial charge < -0.3 is 10.2 Å². The van der Waals surface area contributed by atoms with Crippen LogP contribution in [0, 0.1) is 5.92 Å². The highest BCUT2D eigenvalue weighted by Gasteiger charge is 2.20. The van der Waals surface area contributed by atoms with Gasteiger partial charge >= 0.3 is 0 Å². The second-order valence-corrected chi connectivity index (χ2v) is 5.59. The molecule has 118 valence electrons. The van der Waals surface area contributed by atoms with Crippen LogP contribution >= 0.6 is 0 Å². The number of nitrogens with zero attached hydrogens (tertiary/aromatic N) is 1. The summed E-state index contributed by atoms with van der Waals surface area (Å²) in [5.41, 5.74) is 1.10. The Morgan fingerprint density at radius 2 is 2.00 bits per heavy atom. The van der Waals surface area contributed by atoms with Crippen molar-refractivity contribution in [3.8, 4) is 0 Å². The molecule has 1 unspecified atom stereocenters. The van der Waals surface area contributed by atoms with Crippen molar-refractivity contribution in [1.82, 2.24) is 10.2 Å². The van der Waals surface area contributed by atoms with Crippen molar-refractivity contribution >= 4 is 11.8 Å². The summed E-state index contributed by atoms with van der Waals surface area (Å²) in [6, 6.07) is 9.89. The van der Waals surface area contributed by atoms with Crippen molar-refractivity contribution in [2.75, 3.05) is 13.1 Å². The molecule has 22 heavy (non-hydrogen) atoms. The van der Waals surface area contributed by atoms with E-state index < -0.39 is 0 Å². The molecule has 0 heterocycles. The summed E-state index contributed by atoms with van der Waals surface area (Å²) in [4.78, 5) is 26.1. The van der Waals surface area contributed by atoms with Crippen LogP contribution in [0.3, 0.4) is 0 Å². The minimum Gasteiger partial charge on any atom is -0.347 e. The second kappa shape index (κ2) is 8.37. The van der Waals surface area contributed by atoms with Crippen LogP contribution in [0.4, 0.5) is 0 Å². The molecule has 1 aliphatic rings. The summed E-state index contributed by atoms with van der Waals surface area (Å²) in [5, 5.41) is 2.79. The fourth-order valence-corrected chi connectivity index (χ4v) is 2.63. The van der Waals surface area contributed by atoms with E-state index in [-0.39, 0.29) is 24.3 Å². The number of likely N-dealkylation sites (N-methyl/N-ethyl adjacent to an activating group) is 1. The second-order valence-electron chi connectivity index (χ2n) is 5.59. The first-order chi connectivity index (χ1) is 10.7. The van der Waals surface area contributed by atoms with Crippen LogP contribution in [0.25, 0.3) is 0 Å². The Bertz CT molecular complexity index is 525. The number of carbonyl (C=O) groups excluding carboxylic acids is 2. The number of nitrogens with one attached hydrogen (secondary N) is 1. The topological polar surface area (TPSA) is 49.4 Å². The maximum absolute atomic E-state index is 12.3. The Kier molecular flexibility index (Phi) is 6.19. The molecule has 4 nitrogen and oxygen atoms in total. The van der Waals surface area contributed by atoms with Gasteiger partial charge in [-0.25, -0.2) is 0 Å². The molecule has 0 saturated heterocycles. The third-order valence-electron chi connectivity index (χ3n) is 4.00. The van der Waals surface area contributed by atoms with Crippen molar-refractivity contribution < 1.29 is 9.59 Å². The van der Waals surface area contributed by atoms with E-state index in [2.05, 4.69) is 11.4 Å². The van der Waals surface area contributed by atoms with Crippen LogP contribution < -0.4 is 5.32 Å². The van der Waals surface area contributed by atoms with E-state index in [1.54, 1.807) is 4.90 Å². The predicted octanol–water partition coefficient (Wildman–Crippen LogP) is 2.51. The molecule has 0 aliphatic heterocycles. The van der Waals surface area contributed by atoms with Crippen molar-refractivity contribution in [1.29, 1.82) is 0 Å². The lowest BCUT2D eigenvalue weighted by Crippen LogP contribution is -2.41. The van der Waals surface area contributed by atoms with E-state index in [4.69, 9.17) is 0 Å². The van der Waals surface area contributed by atoms with Crippen LogP contribution in [-0.4, -0.2) is 29.8 Å². The third-order valence-corrected chi connectivity index (χ3v) is 4.00. The van der Waals surface area contributed by atoms with Crippen LogP contribution in [-0.2, 0) is 16.1 Å². The van der Waals surface area contributed by atoms with Gasteiger partial charge in [0.1, 0.15) is 0 Å². The van der Waals surface area contributed by atoms with Gasteiger partial charge in [0.2, 0.25) is 11.8 Å². The molecule has 1 N–H and O–H groups in total. The molecular weight excluding hydrogens is 276 g/mol. The maximum atomic E-state index is 12.3. The monoisotopic (exact) mass is 300 g/mol. The minimum absolute atomic E-state index is 0.00605. The number of benzene rings is 1. The van der Waals surface area contributed by atoms with Crippen molar-refractivity contribution in [2.45, 2.75) is 32.7 Å². The number of carbonyl (C=O) groups is 2. The van der Waals surface area contributed by atoms with E-state index in [1.807, 2.05) is 43.3 Å². The molecule has 1 aliphatic carbocycles. The predicted molar refractivity (Wildman–Crippen MR) is 87.0 cm³/mol. The van der Waals surface area contributed by atoms with Gasteiger partial charge in [-0.05, 0) is 31.7 Å². The SMILES string of the molecule is CCN(Cc1ccccc1)C(=O)CNC(=O)C1CC=CCC1. The third kappa shape index (κ3) is 4.72. The first-order valence-corrected chi connectivity index (χ1v) is 7.95. The van der Waals surface area contributed by atoms with E-state index in [0.717, 1.165) is 24.8 Å². The first-order valence-electron chi connectivity index (χ1n) is 7.95. The number of amides is 2. The van der Waals surface area contributed by atoms with Crippen molar-refractivity contribution in [3.63, 3.8) is 0 Å². The molecular formula is C18H24N2O2. The smallest absolute Gasteiger partial charge is 0.242 e. The number of allylic oxidation sites excluding steroid dienone is 2. The zero-order chi connectivity index (χ0) is 15.8. The maximum Gasteiger partial charge on any atom is 0.242 e. The number of hydrogen-bond acceptors (Lipinski definition) is 2. The molecule has 1 aromatic carbocycles. The first kappa shape index (κ1) is 16.3. The average Bonchev–Trinajstić information content (AvgIpc) is 2.59. The summed E-state index contributed by atoms with van der Waals surface area (Å²) < 4.78 is 0. The lowest BCUT2D eigenvalue weighted by atomic mass is 9.94. The fourth-order valence-electron chi connectivity index (χ4n) is 2.63. The highest BCUT2D eigenvalue weighted by Crippen LogP contribution is 2.17. The normalized spacial score (nSPS) is 17.0. The van der Waals surface area contributed by atoms with Crippen molar-refractivity contribution in [3.05, 3.63) is 48.0 Å². The highest BCUT2D eigenvalue weighted by molar-refractivity contribution is 5.86. The van der Waals surface area contributed by atoms with E-state index >= 15 is 0 Å². The molecule has 0 aromatic heterocycles. The molecule has 0 radical (unpaired) electrons. The highest BCUT2D eigenvalue weighted by atomic mass is 16.2. The summed E-state index contributed by atoms with van der Waals surface area (Å²) in [6.07, 6.45) is 6.75. The summed E-state index contributed by atoms with van der Waals surface area (Å²) >= 11 is 0. The van der Waals surface area contributed by atoms with E-state index in [9.17, 15) is 9.59 Å². The Morgan fingerprint density at radius 1 is 1.23 bits per heavy atom. The standard InChI is InChI=1S/C18H24N2O2/c1-2-20(14-15-9-5-3-6-10-15)17(21)13-19-18(22)16-11-7-4-8-12-16/h3-7,9-10,16H,2,8,11-14H2,1H3,(H,19,22). The molecule has 2 amide bonds. The van der Waals surface area contributed by atoms with Gasteiger partial charge in [0.25, 0.3) is 0 Å².